The van der Waals surface area contributed by atoms with Gasteiger partial charge >= 0.3 is 0 Å². The van der Waals surface area contributed by atoms with E-state index in [9.17, 15) is 4.79 Å². The number of hydrogen-bond donors (Lipinski definition) is 3. The molecule has 0 saturated carbocycles. The van der Waals surface area contributed by atoms with Gasteiger partial charge in [-0.25, -0.2) is 4.98 Å². The molecule has 182 valence electrons. The number of nitrogens with zero attached hydrogens (tertiary/aromatic N) is 3. The first kappa shape index (κ1) is 23.8. The fourth-order valence-electron chi connectivity index (χ4n) is 4.28. The maximum absolute atomic E-state index is 12.1. The van der Waals surface area contributed by atoms with E-state index >= 15 is 0 Å². The first-order valence-electron chi connectivity index (χ1n) is 11.8. The average Bonchev–Trinajstić information content (AvgIpc) is 2.97. The van der Waals surface area contributed by atoms with Gasteiger partial charge in [-0.3, -0.25) is 9.78 Å². The average molecular weight is 499 g/mol. The van der Waals surface area contributed by atoms with Gasteiger partial charge in [-0.1, -0.05) is 49.7 Å². The highest BCUT2D eigenvalue weighted by Gasteiger charge is 2.28. The van der Waals surface area contributed by atoms with Gasteiger partial charge in [0.15, 0.2) is 5.82 Å². The van der Waals surface area contributed by atoms with E-state index in [1.807, 2.05) is 67.7 Å². The Morgan fingerprint density at radius 3 is 2.64 bits per heavy atom. The summed E-state index contributed by atoms with van der Waals surface area (Å²) >= 11 is 6.46. The number of nitrogens with one attached hydrogen (secondary N) is 3. The normalized spacial score (nSPS) is 14.4. The van der Waals surface area contributed by atoms with Gasteiger partial charge in [0.2, 0.25) is 11.9 Å². The number of aryl methyl sites for hydroxylation is 1. The Labute approximate surface area is 215 Å². The van der Waals surface area contributed by atoms with Gasteiger partial charge in [-0.15, -0.1) is 0 Å². The molecule has 0 atom stereocenters. The molecular weight excluding hydrogens is 472 g/mol. The molecule has 1 amide bonds. The van der Waals surface area contributed by atoms with Crippen LogP contribution in [0.2, 0.25) is 5.02 Å². The van der Waals surface area contributed by atoms with E-state index in [2.05, 4.69) is 44.7 Å². The molecule has 7 nitrogen and oxygen atoms in total. The van der Waals surface area contributed by atoms with Crippen LogP contribution in [0.3, 0.4) is 0 Å². The lowest BCUT2D eigenvalue weighted by atomic mass is 9.80. The zero-order valence-corrected chi connectivity index (χ0v) is 21.1. The number of aromatic nitrogens is 3. The maximum Gasteiger partial charge on any atom is 0.229 e. The molecule has 2 aromatic carbocycles. The van der Waals surface area contributed by atoms with Crippen LogP contribution in [-0.4, -0.2) is 20.9 Å². The largest absolute Gasteiger partial charge is 0.338 e. The van der Waals surface area contributed by atoms with Gasteiger partial charge in [0.1, 0.15) is 5.02 Å². The minimum atomic E-state index is -0.145. The quantitative estimate of drug-likeness (QED) is 0.274. The van der Waals surface area contributed by atoms with Crippen molar-refractivity contribution >= 4 is 46.3 Å². The molecule has 0 spiro atoms. The summed E-state index contributed by atoms with van der Waals surface area (Å²) in [4.78, 5) is 25.7. The number of para-hydroxylation sites is 1. The second-order valence-corrected chi connectivity index (χ2v) is 10.0. The topological polar surface area (TPSA) is 91.8 Å². The molecule has 3 heterocycles. The number of carbonyl (C=O) groups is 1. The third-order valence-electron chi connectivity index (χ3n) is 6.37. The highest BCUT2D eigenvalue weighted by atomic mass is 35.5. The van der Waals surface area contributed by atoms with Gasteiger partial charge in [0.05, 0.1) is 11.9 Å². The molecule has 0 aliphatic carbocycles. The van der Waals surface area contributed by atoms with Crippen molar-refractivity contribution in [3.05, 3.63) is 83.1 Å². The molecular formula is C28H27ClN6O. The van der Waals surface area contributed by atoms with Crippen LogP contribution in [0.15, 0.2) is 67.0 Å². The van der Waals surface area contributed by atoms with Crippen LogP contribution >= 0.6 is 11.6 Å². The van der Waals surface area contributed by atoms with Gasteiger partial charge < -0.3 is 16.0 Å². The van der Waals surface area contributed by atoms with E-state index in [1.54, 1.807) is 6.20 Å². The van der Waals surface area contributed by atoms with E-state index in [0.717, 1.165) is 45.9 Å². The number of fused-ring (bicyclic) bond motifs is 1. The SMILES string of the molecule is Cc1ccc(-c2ccccc2Nc2nc(Nc3ccc4c(c3)C(C)(C)CCC(=O)N4)ncc2Cl)nc1. The molecule has 0 fully saturated rings. The number of amides is 1. The molecule has 5 rings (SSSR count). The summed E-state index contributed by atoms with van der Waals surface area (Å²) in [7, 11) is 0. The highest BCUT2D eigenvalue weighted by molar-refractivity contribution is 6.33. The zero-order chi connectivity index (χ0) is 25.3. The Hall–Kier alpha value is -3.97. The molecule has 1 aliphatic heterocycles. The second-order valence-electron chi connectivity index (χ2n) is 9.60. The molecule has 1 aliphatic rings. The molecule has 3 N–H and O–H groups in total. The summed E-state index contributed by atoms with van der Waals surface area (Å²) in [5.41, 5.74) is 6.33. The predicted molar refractivity (Wildman–Crippen MR) is 145 cm³/mol. The van der Waals surface area contributed by atoms with Crippen molar-refractivity contribution in [1.82, 2.24) is 15.0 Å². The monoisotopic (exact) mass is 498 g/mol. The lowest BCUT2D eigenvalue weighted by Crippen LogP contribution is -2.16. The Balaban J connectivity index is 1.43. The molecule has 36 heavy (non-hydrogen) atoms. The van der Waals surface area contributed by atoms with Crippen molar-refractivity contribution < 1.29 is 4.79 Å². The minimum absolute atomic E-state index is 0.0420. The van der Waals surface area contributed by atoms with Crippen LogP contribution in [0.25, 0.3) is 11.3 Å². The van der Waals surface area contributed by atoms with E-state index in [0.29, 0.717) is 23.2 Å². The van der Waals surface area contributed by atoms with E-state index < -0.39 is 0 Å². The number of pyridine rings is 1. The molecule has 0 saturated heterocycles. The fraction of sp³-hybridized carbons (Fsp3) is 0.214. The van der Waals surface area contributed by atoms with Crippen molar-refractivity contribution in [1.29, 1.82) is 0 Å². The van der Waals surface area contributed by atoms with E-state index in [1.165, 1.54) is 0 Å². The number of anilines is 5. The van der Waals surface area contributed by atoms with Crippen molar-refractivity contribution in [2.75, 3.05) is 16.0 Å². The van der Waals surface area contributed by atoms with Gasteiger partial charge in [0, 0.05) is 35.2 Å². The number of halogens is 1. The third-order valence-corrected chi connectivity index (χ3v) is 6.64. The lowest BCUT2D eigenvalue weighted by molar-refractivity contribution is -0.116. The highest BCUT2D eigenvalue weighted by Crippen LogP contribution is 2.38. The van der Waals surface area contributed by atoms with E-state index in [4.69, 9.17) is 11.6 Å². The second kappa shape index (κ2) is 9.59. The molecule has 2 aromatic heterocycles. The van der Waals surface area contributed by atoms with Crippen LogP contribution in [0.5, 0.6) is 0 Å². The van der Waals surface area contributed by atoms with Crippen molar-refractivity contribution in [2.24, 2.45) is 0 Å². The van der Waals surface area contributed by atoms with Crippen molar-refractivity contribution in [3.63, 3.8) is 0 Å². The zero-order valence-electron chi connectivity index (χ0n) is 20.4. The first-order valence-corrected chi connectivity index (χ1v) is 12.2. The molecule has 0 bridgehead atoms. The summed E-state index contributed by atoms with van der Waals surface area (Å²) in [5, 5.41) is 10.0. The Morgan fingerprint density at radius 2 is 1.83 bits per heavy atom. The molecule has 0 unspecified atom stereocenters. The Morgan fingerprint density at radius 1 is 1.00 bits per heavy atom. The molecule has 8 heteroatoms. The number of rotatable bonds is 5. The van der Waals surface area contributed by atoms with Crippen molar-refractivity contribution in [2.45, 2.75) is 39.0 Å². The maximum atomic E-state index is 12.1. The van der Waals surface area contributed by atoms with Crippen LogP contribution in [-0.2, 0) is 10.2 Å². The van der Waals surface area contributed by atoms with Crippen LogP contribution in [0, 0.1) is 6.92 Å². The van der Waals surface area contributed by atoms with E-state index in [-0.39, 0.29) is 11.3 Å². The van der Waals surface area contributed by atoms with Gasteiger partial charge in [-0.05, 0) is 60.2 Å². The van der Waals surface area contributed by atoms with Gasteiger partial charge in [-0.2, -0.15) is 4.98 Å². The molecule has 4 aromatic rings. The van der Waals surface area contributed by atoms with Crippen LogP contribution in [0.4, 0.5) is 28.8 Å². The Bertz CT molecular complexity index is 1430. The van der Waals surface area contributed by atoms with Gasteiger partial charge in [0.25, 0.3) is 0 Å². The number of hydrogen-bond acceptors (Lipinski definition) is 6. The van der Waals surface area contributed by atoms with Crippen LogP contribution < -0.4 is 16.0 Å². The van der Waals surface area contributed by atoms with Crippen molar-refractivity contribution in [3.8, 4) is 11.3 Å². The smallest absolute Gasteiger partial charge is 0.229 e. The summed E-state index contributed by atoms with van der Waals surface area (Å²) < 4.78 is 0. The van der Waals surface area contributed by atoms with Crippen LogP contribution in [0.1, 0.15) is 37.8 Å². The fourth-order valence-corrected chi connectivity index (χ4v) is 4.42. The number of benzene rings is 2. The summed E-state index contributed by atoms with van der Waals surface area (Å²) in [6.07, 6.45) is 4.69. The molecule has 0 radical (unpaired) electrons. The third kappa shape index (κ3) is 5.02. The number of carbonyl (C=O) groups excluding carboxylic acids is 1. The first-order chi connectivity index (χ1) is 17.3. The minimum Gasteiger partial charge on any atom is -0.338 e. The summed E-state index contributed by atoms with van der Waals surface area (Å²) in [6, 6.07) is 17.8. The lowest BCUT2D eigenvalue weighted by Gasteiger charge is -2.25. The Kier molecular flexibility index (Phi) is 6.33. The predicted octanol–water partition coefficient (Wildman–Crippen LogP) is 7.00. The summed E-state index contributed by atoms with van der Waals surface area (Å²) in [6.45, 7) is 6.31. The summed E-state index contributed by atoms with van der Waals surface area (Å²) in [5.74, 6) is 0.930. The standard InChI is InChI=1S/C28H27ClN6O/c1-17-8-10-22(30-15-17)19-6-4-5-7-23(19)34-26-21(29)16-31-27(35-26)32-18-9-11-24-20(14-18)28(2,3)13-12-25(36)33-24/h4-11,14-16H,12-13H2,1-3H3,(H,33,36)(H2,31,32,34,35).